The molecule has 0 bridgehead atoms. The molecule has 0 saturated carbocycles. The van der Waals surface area contributed by atoms with Gasteiger partial charge in [0, 0.05) is 16.5 Å². The molecule has 194 valence electrons. The summed E-state index contributed by atoms with van der Waals surface area (Å²) in [5.41, 5.74) is 5.64. The van der Waals surface area contributed by atoms with E-state index in [2.05, 4.69) is 15.1 Å². The number of benzene rings is 2. The molecule has 5 rings (SSSR count). The highest BCUT2D eigenvalue weighted by Gasteiger charge is 2.26. The van der Waals surface area contributed by atoms with E-state index in [1.807, 2.05) is 52.0 Å². The van der Waals surface area contributed by atoms with Crippen LogP contribution in [0.25, 0.3) is 44.5 Å². The smallest absolute Gasteiger partial charge is 0.417 e. The van der Waals surface area contributed by atoms with Gasteiger partial charge in [-0.05, 0) is 78.3 Å². The van der Waals surface area contributed by atoms with Crippen molar-refractivity contribution in [1.82, 2.24) is 19.7 Å². The van der Waals surface area contributed by atoms with Crippen molar-refractivity contribution in [3.8, 4) is 28.4 Å². The van der Waals surface area contributed by atoms with Crippen LogP contribution in [0.5, 0.6) is 5.88 Å². The van der Waals surface area contributed by atoms with Gasteiger partial charge in [-0.25, -0.2) is 14.3 Å². The summed E-state index contributed by atoms with van der Waals surface area (Å²) in [7, 11) is 0. The number of carbonyl (C=O) groups is 1. The molecule has 2 aromatic carbocycles. The molecule has 0 aliphatic rings. The summed E-state index contributed by atoms with van der Waals surface area (Å²) < 4.78 is 12.6. The molecule has 37 heavy (non-hydrogen) atoms. The number of H-pyrrole nitrogens is 1. The number of fused-ring (bicyclic) bond motifs is 2. The van der Waals surface area contributed by atoms with Gasteiger partial charge >= 0.3 is 6.09 Å². The fourth-order valence-corrected chi connectivity index (χ4v) is 4.41. The first kappa shape index (κ1) is 26.0. The zero-order chi connectivity index (χ0) is 27.1. The second-order valence-corrected chi connectivity index (χ2v) is 9.83. The van der Waals surface area contributed by atoms with Gasteiger partial charge < -0.3 is 24.5 Å². The lowest BCUT2D eigenvalue weighted by Crippen LogP contribution is -2.10. The summed E-state index contributed by atoms with van der Waals surface area (Å²) in [6, 6.07) is 11.0. The van der Waals surface area contributed by atoms with Crippen molar-refractivity contribution in [2.75, 3.05) is 6.61 Å². The predicted molar refractivity (Wildman–Crippen MR) is 143 cm³/mol. The highest BCUT2D eigenvalue weighted by atomic mass is 16.5. The molecule has 0 amide bonds. The molecule has 9 nitrogen and oxygen atoms in total. The minimum Gasteiger partial charge on any atom is -0.479 e. The van der Waals surface area contributed by atoms with Gasteiger partial charge in [0.1, 0.15) is 5.76 Å². The van der Waals surface area contributed by atoms with E-state index in [-0.39, 0.29) is 0 Å². The van der Waals surface area contributed by atoms with Crippen LogP contribution in [0.1, 0.15) is 44.7 Å². The SMILES string of the molecule is CC(C)(C)O.CCOc1[nH]c2ccc(-c3nc4ccccc4n3C(=O)O)c(C)c2c1-c1c(C)noc1C. The summed E-state index contributed by atoms with van der Waals surface area (Å²) in [6.07, 6.45) is -1.08. The minimum atomic E-state index is -1.08. The summed E-state index contributed by atoms with van der Waals surface area (Å²) in [6.45, 7) is 13.4. The third-order valence-electron chi connectivity index (χ3n) is 5.76. The molecule has 9 heteroatoms. The monoisotopic (exact) mass is 504 g/mol. The third kappa shape index (κ3) is 4.95. The largest absolute Gasteiger partial charge is 0.479 e. The van der Waals surface area contributed by atoms with E-state index in [4.69, 9.17) is 14.4 Å². The van der Waals surface area contributed by atoms with Gasteiger partial charge in [-0.1, -0.05) is 17.3 Å². The van der Waals surface area contributed by atoms with Gasteiger partial charge in [0.15, 0.2) is 11.7 Å². The number of para-hydroxylation sites is 2. The molecule has 5 aromatic rings. The zero-order valence-electron chi connectivity index (χ0n) is 22.1. The quantitative estimate of drug-likeness (QED) is 0.256. The Bertz CT molecular complexity index is 1580. The van der Waals surface area contributed by atoms with Crippen LogP contribution in [0.3, 0.4) is 0 Å². The van der Waals surface area contributed by atoms with Gasteiger partial charge in [-0.2, -0.15) is 0 Å². The van der Waals surface area contributed by atoms with Crippen LogP contribution in [-0.2, 0) is 0 Å². The molecule has 3 aromatic heterocycles. The molecule has 0 saturated heterocycles. The summed E-state index contributed by atoms with van der Waals surface area (Å²) in [4.78, 5) is 20.2. The zero-order valence-corrected chi connectivity index (χ0v) is 22.1. The lowest BCUT2D eigenvalue weighted by atomic mass is 9.96. The maximum Gasteiger partial charge on any atom is 0.417 e. The number of aryl methyl sites for hydroxylation is 3. The maximum absolute atomic E-state index is 12.2. The fourth-order valence-electron chi connectivity index (χ4n) is 4.41. The van der Waals surface area contributed by atoms with Gasteiger partial charge in [0.05, 0.1) is 40.1 Å². The van der Waals surface area contributed by atoms with Crippen LogP contribution >= 0.6 is 0 Å². The molecule has 0 unspecified atom stereocenters. The van der Waals surface area contributed by atoms with Crippen molar-refractivity contribution < 1.29 is 24.3 Å². The van der Waals surface area contributed by atoms with Crippen LogP contribution in [0.2, 0.25) is 0 Å². The molecule has 3 N–H and O–H groups in total. The molecular weight excluding hydrogens is 472 g/mol. The standard InChI is InChI=1S/C24H22N4O4.C4H10O/c1-5-31-23-21(20-13(3)27-32-14(20)4)19-12(2)15(10-11-17(19)26-23)22-25-16-8-6-7-9-18(16)28(22)24(29)30;1-4(2,3)5/h6-11,26H,5H2,1-4H3,(H,29,30);5H,1-3H3. The number of rotatable bonds is 4. The molecule has 0 atom stereocenters. The van der Waals surface area contributed by atoms with E-state index in [0.29, 0.717) is 35.1 Å². The van der Waals surface area contributed by atoms with Crippen molar-refractivity contribution in [2.24, 2.45) is 0 Å². The van der Waals surface area contributed by atoms with Gasteiger partial charge in [0.25, 0.3) is 0 Å². The number of nitrogens with zero attached hydrogens (tertiary/aromatic N) is 3. The van der Waals surface area contributed by atoms with E-state index in [0.717, 1.165) is 38.9 Å². The fraction of sp³-hybridized carbons (Fsp3) is 0.321. The molecule has 0 aliphatic heterocycles. The first-order valence-corrected chi connectivity index (χ1v) is 12.1. The first-order valence-electron chi connectivity index (χ1n) is 12.1. The number of aliphatic hydroxyl groups is 1. The summed E-state index contributed by atoms with van der Waals surface area (Å²) in [5, 5.41) is 23.5. The van der Waals surface area contributed by atoms with Crippen molar-refractivity contribution >= 4 is 28.0 Å². The van der Waals surface area contributed by atoms with Gasteiger partial charge in [-0.3, -0.25) is 0 Å². The number of carboxylic acid groups (broad SMARTS) is 1. The molecule has 3 heterocycles. The Kier molecular flexibility index (Phi) is 6.84. The Morgan fingerprint density at radius 2 is 1.78 bits per heavy atom. The van der Waals surface area contributed by atoms with E-state index in [1.54, 1.807) is 32.9 Å². The van der Waals surface area contributed by atoms with Crippen LogP contribution in [0.15, 0.2) is 40.9 Å². The number of hydrogen-bond acceptors (Lipinski definition) is 6. The van der Waals surface area contributed by atoms with Crippen molar-refractivity contribution in [2.45, 2.75) is 54.1 Å². The Balaban J connectivity index is 0.000000586. The van der Waals surface area contributed by atoms with E-state index in [9.17, 15) is 9.90 Å². The molecule has 0 fully saturated rings. The highest BCUT2D eigenvalue weighted by Crippen LogP contribution is 2.44. The van der Waals surface area contributed by atoms with E-state index in [1.165, 1.54) is 4.57 Å². The lowest BCUT2D eigenvalue weighted by molar-refractivity contribution is 0.102. The predicted octanol–water partition coefficient (Wildman–Crippen LogP) is 6.47. The molecule has 0 aliphatic carbocycles. The second-order valence-electron chi connectivity index (χ2n) is 9.83. The average Bonchev–Trinajstić information content (AvgIpc) is 3.46. The molecule has 0 spiro atoms. The van der Waals surface area contributed by atoms with Crippen LogP contribution < -0.4 is 4.74 Å². The number of nitrogens with one attached hydrogen (secondary N) is 1. The normalized spacial score (nSPS) is 11.6. The van der Waals surface area contributed by atoms with Gasteiger partial charge in [-0.15, -0.1) is 0 Å². The average molecular weight is 505 g/mol. The number of aromatic nitrogens is 4. The van der Waals surface area contributed by atoms with Crippen LogP contribution in [0, 0.1) is 20.8 Å². The Morgan fingerprint density at radius 3 is 2.38 bits per heavy atom. The topological polar surface area (TPSA) is 126 Å². The van der Waals surface area contributed by atoms with Crippen molar-refractivity contribution in [3.63, 3.8) is 0 Å². The maximum atomic E-state index is 12.2. The summed E-state index contributed by atoms with van der Waals surface area (Å²) in [5.74, 6) is 1.69. The Hall–Kier alpha value is -4.11. The van der Waals surface area contributed by atoms with Crippen LogP contribution in [0.4, 0.5) is 4.79 Å². The van der Waals surface area contributed by atoms with E-state index < -0.39 is 11.7 Å². The number of hydrogen-bond donors (Lipinski definition) is 3. The Morgan fingerprint density at radius 1 is 1.11 bits per heavy atom. The second kappa shape index (κ2) is 9.74. The summed E-state index contributed by atoms with van der Waals surface area (Å²) >= 11 is 0. The van der Waals surface area contributed by atoms with Gasteiger partial charge in [0.2, 0.25) is 0 Å². The Labute approximate surface area is 214 Å². The number of aromatic amines is 1. The van der Waals surface area contributed by atoms with Crippen LogP contribution in [-0.4, -0.2) is 48.2 Å². The van der Waals surface area contributed by atoms with E-state index >= 15 is 0 Å². The highest BCUT2D eigenvalue weighted by molar-refractivity contribution is 6.05. The lowest BCUT2D eigenvalue weighted by Gasteiger charge is -2.10. The van der Waals surface area contributed by atoms with Crippen molar-refractivity contribution in [3.05, 3.63) is 53.4 Å². The number of ether oxygens (including phenoxy) is 1. The first-order chi connectivity index (χ1) is 17.4. The molecule has 0 radical (unpaired) electrons. The number of imidazole rings is 1. The minimum absolute atomic E-state index is 0.377. The van der Waals surface area contributed by atoms with Crippen molar-refractivity contribution in [1.29, 1.82) is 0 Å². The molecular formula is C28H32N4O5. The third-order valence-corrected chi connectivity index (χ3v) is 5.76.